The molecule has 0 saturated heterocycles. The quantitative estimate of drug-likeness (QED) is 0.425. The summed E-state index contributed by atoms with van der Waals surface area (Å²) in [5, 5.41) is 10.9. The fourth-order valence-electron chi connectivity index (χ4n) is 4.37. The highest BCUT2D eigenvalue weighted by atomic mass is 16.6. The number of fused-ring (bicyclic) bond motifs is 1. The highest BCUT2D eigenvalue weighted by Crippen LogP contribution is 2.42. The summed E-state index contributed by atoms with van der Waals surface area (Å²) in [5.74, 6) is -0.300. The first-order valence-electron chi connectivity index (χ1n) is 10.4. The van der Waals surface area contributed by atoms with E-state index in [9.17, 15) is 19.7 Å². The molecule has 7 nitrogen and oxygen atoms in total. The largest absolute Gasteiger partial charge is 0.305 e. The summed E-state index contributed by atoms with van der Waals surface area (Å²) in [7, 11) is 0. The molecular weight excluding hydrogens is 406 g/mol. The summed E-state index contributed by atoms with van der Waals surface area (Å²) >= 11 is 0. The monoisotopic (exact) mass is 429 g/mol. The molecule has 162 valence electrons. The van der Waals surface area contributed by atoms with E-state index >= 15 is 0 Å². The zero-order valence-corrected chi connectivity index (χ0v) is 17.8. The van der Waals surface area contributed by atoms with Gasteiger partial charge in [0.25, 0.3) is 11.6 Å². The molecule has 4 rings (SSSR count). The molecule has 0 aromatic heterocycles. The van der Waals surface area contributed by atoms with Gasteiger partial charge in [-0.1, -0.05) is 36.4 Å². The smallest absolute Gasteiger partial charge is 0.269 e. The molecule has 0 N–H and O–H groups in total. The molecule has 32 heavy (non-hydrogen) atoms. The number of hydrogen-bond donors (Lipinski definition) is 0. The summed E-state index contributed by atoms with van der Waals surface area (Å²) < 4.78 is 0. The number of non-ortho nitro benzene ring substituents is 1. The zero-order valence-electron chi connectivity index (χ0n) is 17.8. The molecule has 0 aliphatic carbocycles. The molecule has 2 amide bonds. The van der Waals surface area contributed by atoms with Gasteiger partial charge in [-0.3, -0.25) is 19.7 Å². The molecule has 1 heterocycles. The predicted molar refractivity (Wildman–Crippen MR) is 123 cm³/mol. The number of anilines is 2. The number of nitro groups is 1. The van der Waals surface area contributed by atoms with Gasteiger partial charge in [-0.25, -0.2) is 0 Å². The number of nitrogens with zero attached hydrogens (tertiary/aromatic N) is 3. The van der Waals surface area contributed by atoms with Crippen molar-refractivity contribution in [3.8, 4) is 0 Å². The maximum Gasteiger partial charge on any atom is 0.269 e. The average Bonchev–Trinajstić information content (AvgIpc) is 2.79. The molecule has 0 radical (unpaired) electrons. The second kappa shape index (κ2) is 8.63. The molecular formula is C25H23N3O4. The summed E-state index contributed by atoms with van der Waals surface area (Å²) in [4.78, 5) is 40.0. The summed E-state index contributed by atoms with van der Waals surface area (Å²) in [6, 6.07) is 22.3. The number of benzene rings is 3. The summed E-state index contributed by atoms with van der Waals surface area (Å²) in [5.41, 5.74) is 2.75. The first-order chi connectivity index (χ1) is 15.4. The Labute approximate surface area is 186 Å². The minimum atomic E-state index is -0.488. The van der Waals surface area contributed by atoms with Gasteiger partial charge in [-0.05, 0) is 49.2 Å². The second-order valence-electron chi connectivity index (χ2n) is 7.86. The highest BCUT2D eigenvalue weighted by molar-refractivity contribution is 6.07. The van der Waals surface area contributed by atoms with Crippen LogP contribution in [0.5, 0.6) is 0 Å². The topological polar surface area (TPSA) is 83.8 Å². The molecule has 2 atom stereocenters. The molecule has 0 bridgehead atoms. The predicted octanol–water partition coefficient (Wildman–Crippen LogP) is 5.13. The fraction of sp³-hybridized carbons (Fsp3) is 0.200. The van der Waals surface area contributed by atoms with E-state index in [1.54, 1.807) is 16.7 Å². The van der Waals surface area contributed by atoms with Crippen LogP contribution in [0.1, 0.15) is 42.2 Å². The minimum Gasteiger partial charge on any atom is -0.305 e. The number of para-hydroxylation sites is 2. The van der Waals surface area contributed by atoms with Crippen LogP contribution >= 0.6 is 0 Å². The highest BCUT2D eigenvalue weighted by Gasteiger charge is 2.38. The van der Waals surface area contributed by atoms with Crippen LogP contribution < -0.4 is 9.80 Å². The van der Waals surface area contributed by atoms with Crippen molar-refractivity contribution in [1.29, 1.82) is 0 Å². The third-order valence-corrected chi connectivity index (χ3v) is 5.79. The van der Waals surface area contributed by atoms with Gasteiger partial charge in [0.2, 0.25) is 5.91 Å². The normalized spacial score (nSPS) is 17.4. The van der Waals surface area contributed by atoms with E-state index in [-0.39, 0.29) is 29.6 Å². The maximum absolute atomic E-state index is 13.4. The fourth-order valence-corrected chi connectivity index (χ4v) is 4.37. The molecule has 0 fully saturated rings. The molecule has 0 saturated carbocycles. The van der Waals surface area contributed by atoms with Gasteiger partial charge in [-0.2, -0.15) is 0 Å². The Morgan fingerprint density at radius 3 is 2.22 bits per heavy atom. The summed E-state index contributed by atoms with van der Waals surface area (Å²) in [6.45, 7) is 3.50. The van der Waals surface area contributed by atoms with E-state index in [1.807, 2.05) is 61.5 Å². The Morgan fingerprint density at radius 1 is 0.969 bits per heavy atom. The Morgan fingerprint density at radius 2 is 1.59 bits per heavy atom. The lowest BCUT2D eigenvalue weighted by atomic mass is 9.89. The minimum absolute atomic E-state index is 0.0614. The van der Waals surface area contributed by atoms with Crippen molar-refractivity contribution in [2.75, 3.05) is 9.80 Å². The Kier molecular flexibility index (Phi) is 5.73. The lowest BCUT2D eigenvalue weighted by Crippen LogP contribution is -2.47. The van der Waals surface area contributed by atoms with Gasteiger partial charge in [-0.15, -0.1) is 0 Å². The van der Waals surface area contributed by atoms with Crippen molar-refractivity contribution in [1.82, 2.24) is 0 Å². The molecule has 7 heteroatoms. The summed E-state index contributed by atoms with van der Waals surface area (Å²) in [6.07, 6.45) is 0.560. The van der Waals surface area contributed by atoms with E-state index in [0.29, 0.717) is 12.0 Å². The Balaban J connectivity index is 1.74. The van der Waals surface area contributed by atoms with Crippen molar-refractivity contribution < 1.29 is 14.5 Å². The second-order valence-corrected chi connectivity index (χ2v) is 7.86. The number of carbonyl (C=O) groups is 2. The van der Waals surface area contributed by atoms with Crippen LogP contribution in [0.3, 0.4) is 0 Å². The number of rotatable bonds is 4. The third-order valence-electron chi connectivity index (χ3n) is 5.79. The van der Waals surface area contributed by atoms with Crippen LogP contribution in [0.4, 0.5) is 17.1 Å². The maximum atomic E-state index is 13.4. The number of nitro benzene ring substituents is 1. The van der Waals surface area contributed by atoms with Crippen molar-refractivity contribution in [2.45, 2.75) is 32.4 Å². The molecule has 0 unspecified atom stereocenters. The average molecular weight is 429 g/mol. The van der Waals surface area contributed by atoms with Crippen molar-refractivity contribution in [3.63, 3.8) is 0 Å². The molecule has 1 aliphatic rings. The van der Waals surface area contributed by atoms with E-state index in [2.05, 4.69) is 0 Å². The third kappa shape index (κ3) is 3.85. The standard InChI is InChI=1S/C25H23N3O4/c1-17-16-24(27(18(2)29)20-8-4-3-5-9-20)22-10-6-7-11-23(22)26(17)25(30)19-12-14-21(15-13-19)28(31)32/h3-15,17,24H,16H2,1-2H3/t17-,24+/m0/s1. The Hall–Kier alpha value is -4.00. The van der Waals surface area contributed by atoms with Crippen molar-refractivity contribution in [3.05, 3.63) is 100 Å². The first kappa shape index (κ1) is 21.2. The van der Waals surface area contributed by atoms with Gasteiger partial charge < -0.3 is 9.80 Å². The van der Waals surface area contributed by atoms with Crippen LogP contribution in [0.25, 0.3) is 0 Å². The molecule has 1 aliphatic heterocycles. The number of amides is 2. The number of hydrogen-bond acceptors (Lipinski definition) is 4. The van der Waals surface area contributed by atoms with Crippen LogP contribution in [0.15, 0.2) is 78.9 Å². The lowest BCUT2D eigenvalue weighted by Gasteiger charge is -2.43. The van der Waals surface area contributed by atoms with E-state index in [4.69, 9.17) is 0 Å². The van der Waals surface area contributed by atoms with Crippen LogP contribution in [-0.2, 0) is 4.79 Å². The van der Waals surface area contributed by atoms with E-state index in [0.717, 1.165) is 16.9 Å². The first-order valence-corrected chi connectivity index (χ1v) is 10.4. The Bertz CT molecular complexity index is 1160. The van der Waals surface area contributed by atoms with Crippen LogP contribution in [-0.4, -0.2) is 22.8 Å². The van der Waals surface area contributed by atoms with Crippen molar-refractivity contribution >= 4 is 28.9 Å². The van der Waals surface area contributed by atoms with Gasteiger partial charge >= 0.3 is 0 Å². The van der Waals surface area contributed by atoms with Gasteiger partial charge in [0, 0.05) is 42.0 Å². The van der Waals surface area contributed by atoms with E-state index < -0.39 is 4.92 Å². The number of carbonyl (C=O) groups excluding carboxylic acids is 2. The molecule has 3 aromatic carbocycles. The SMILES string of the molecule is CC(=O)N(c1ccccc1)[C@@H]1C[C@H](C)N(C(=O)c2ccc([N+](=O)[O-])cc2)c2ccccc21. The van der Waals surface area contributed by atoms with Crippen LogP contribution in [0.2, 0.25) is 0 Å². The van der Waals surface area contributed by atoms with E-state index in [1.165, 1.54) is 24.3 Å². The van der Waals surface area contributed by atoms with Crippen molar-refractivity contribution in [2.24, 2.45) is 0 Å². The van der Waals surface area contributed by atoms with Gasteiger partial charge in [0.1, 0.15) is 0 Å². The van der Waals surface area contributed by atoms with Gasteiger partial charge in [0.15, 0.2) is 0 Å². The zero-order chi connectivity index (χ0) is 22.8. The molecule has 3 aromatic rings. The molecule has 0 spiro atoms. The van der Waals surface area contributed by atoms with Crippen LogP contribution in [0, 0.1) is 10.1 Å². The van der Waals surface area contributed by atoms with Gasteiger partial charge in [0.05, 0.1) is 11.0 Å². The lowest BCUT2D eigenvalue weighted by molar-refractivity contribution is -0.384.